The van der Waals surface area contributed by atoms with Crippen molar-refractivity contribution in [1.29, 1.82) is 0 Å². The van der Waals surface area contributed by atoms with Gasteiger partial charge in [-0.05, 0) is 42.8 Å². The lowest BCUT2D eigenvalue weighted by Gasteiger charge is -2.20. The fourth-order valence-corrected chi connectivity index (χ4v) is 1.57. The number of aromatic hydroxyl groups is 1. The number of hydrogen-bond donors (Lipinski definition) is 2. The van der Waals surface area contributed by atoms with Crippen LogP contribution in [0.4, 0.5) is 4.79 Å². The van der Waals surface area contributed by atoms with E-state index in [0.717, 1.165) is 0 Å². The number of nitrogens with one attached hydrogen (secondary N) is 1. The van der Waals surface area contributed by atoms with Gasteiger partial charge in [-0.25, -0.2) is 4.79 Å². The SMILES string of the molecule is CC(C)(C)NC(=O)OCc1cccc(Br)c1O. The van der Waals surface area contributed by atoms with Gasteiger partial charge in [0.25, 0.3) is 0 Å². The summed E-state index contributed by atoms with van der Waals surface area (Å²) in [5, 5.41) is 12.4. The lowest BCUT2D eigenvalue weighted by atomic mass is 10.1. The van der Waals surface area contributed by atoms with Crippen LogP contribution in [-0.4, -0.2) is 16.7 Å². The third kappa shape index (κ3) is 4.65. The molecule has 1 aromatic carbocycles. The molecule has 2 N–H and O–H groups in total. The molecule has 0 fully saturated rings. The van der Waals surface area contributed by atoms with Crippen LogP contribution in [0.25, 0.3) is 0 Å². The van der Waals surface area contributed by atoms with Gasteiger partial charge in [-0.2, -0.15) is 0 Å². The molecule has 0 aliphatic carbocycles. The number of halogens is 1. The maximum Gasteiger partial charge on any atom is 0.407 e. The van der Waals surface area contributed by atoms with Crippen molar-refractivity contribution in [3.05, 3.63) is 28.2 Å². The van der Waals surface area contributed by atoms with Crippen molar-refractivity contribution in [2.75, 3.05) is 0 Å². The number of hydrogen-bond acceptors (Lipinski definition) is 3. The molecule has 94 valence electrons. The molecule has 0 saturated heterocycles. The van der Waals surface area contributed by atoms with Crippen LogP contribution in [0.5, 0.6) is 5.75 Å². The number of para-hydroxylation sites is 1. The number of amides is 1. The van der Waals surface area contributed by atoms with E-state index in [1.165, 1.54) is 0 Å². The highest BCUT2D eigenvalue weighted by Gasteiger charge is 2.15. The number of benzene rings is 1. The zero-order chi connectivity index (χ0) is 13.1. The summed E-state index contributed by atoms with van der Waals surface area (Å²) in [5.41, 5.74) is 0.222. The zero-order valence-corrected chi connectivity index (χ0v) is 11.7. The molecule has 0 saturated carbocycles. The molecule has 0 spiro atoms. The first kappa shape index (κ1) is 13.8. The summed E-state index contributed by atoms with van der Waals surface area (Å²) in [7, 11) is 0. The van der Waals surface area contributed by atoms with E-state index in [1.807, 2.05) is 20.8 Å². The molecule has 0 aromatic heterocycles. The second kappa shape index (κ2) is 5.40. The maximum atomic E-state index is 11.4. The minimum absolute atomic E-state index is 0.0349. The monoisotopic (exact) mass is 301 g/mol. The largest absolute Gasteiger partial charge is 0.506 e. The molecule has 0 bridgehead atoms. The summed E-state index contributed by atoms with van der Waals surface area (Å²) in [5.74, 6) is 0.0936. The average molecular weight is 302 g/mol. The Hall–Kier alpha value is -1.23. The van der Waals surface area contributed by atoms with E-state index in [0.29, 0.717) is 10.0 Å². The quantitative estimate of drug-likeness (QED) is 0.882. The first-order chi connectivity index (χ1) is 7.79. The second-order valence-electron chi connectivity index (χ2n) is 4.70. The highest BCUT2D eigenvalue weighted by molar-refractivity contribution is 9.10. The fraction of sp³-hybridized carbons (Fsp3) is 0.417. The highest BCUT2D eigenvalue weighted by Crippen LogP contribution is 2.27. The van der Waals surface area contributed by atoms with Crippen molar-refractivity contribution in [2.24, 2.45) is 0 Å². The number of ether oxygens (including phenoxy) is 1. The number of carbonyl (C=O) groups excluding carboxylic acids is 1. The van der Waals surface area contributed by atoms with Gasteiger partial charge in [0.05, 0.1) is 4.47 Å². The molecule has 0 aliphatic rings. The molecule has 1 amide bonds. The van der Waals surface area contributed by atoms with Gasteiger partial charge in [0.2, 0.25) is 0 Å². The Morgan fingerprint density at radius 2 is 2.12 bits per heavy atom. The third-order valence-electron chi connectivity index (χ3n) is 1.91. The zero-order valence-electron chi connectivity index (χ0n) is 10.1. The molecule has 4 nitrogen and oxygen atoms in total. The molecule has 0 radical (unpaired) electrons. The summed E-state index contributed by atoms with van der Waals surface area (Å²) in [6, 6.07) is 5.18. The number of phenolic OH excluding ortho intramolecular Hbond substituents is 1. The molecule has 17 heavy (non-hydrogen) atoms. The Kier molecular flexibility index (Phi) is 4.40. The fourth-order valence-electron chi connectivity index (χ4n) is 1.16. The molecule has 1 aromatic rings. The van der Waals surface area contributed by atoms with E-state index >= 15 is 0 Å². The standard InChI is InChI=1S/C12H16BrNO3/c1-12(2,3)14-11(16)17-7-8-5-4-6-9(13)10(8)15/h4-6,15H,7H2,1-3H3,(H,14,16). The Morgan fingerprint density at radius 3 is 2.71 bits per heavy atom. The van der Waals surface area contributed by atoms with Crippen LogP contribution in [0.1, 0.15) is 26.3 Å². The minimum atomic E-state index is -0.503. The molecule has 0 unspecified atom stereocenters. The van der Waals surface area contributed by atoms with Gasteiger partial charge in [0, 0.05) is 11.1 Å². The Bertz CT molecular complexity index is 413. The van der Waals surface area contributed by atoms with Crippen molar-refractivity contribution < 1.29 is 14.6 Å². The topological polar surface area (TPSA) is 58.6 Å². The van der Waals surface area contributed by atoms with Crippen LogP contribution >= 0.6 is 15.9 Å². The Labute approximate surface area is 109 Å². The van der Waals surface area contributed by atoms with Crippen molar-refractivity contribution in [2.45, 2.75) is 32.9 Å². The number of alkyl carbamates (subject to hydrolysis) is 1. The molecular weight excluding hydrogens is 286 g/mol. The summed E-state index contributed by atoms with van der Waals surface area (Å²) >= 11 is 3.20. The van der Waals surface area contributed by atoms with Crippen LogP contribution in [-0.2, 0) is 11.3 Å². The van der Waals surface area contributed by atoms with Gasteiger partial charge < -0.3 is 15.2 Å². The average Bonchev–Trinajstić information content (AvgIpc) is 2.18. The minimum Gasteiger partial charge on any atom is -0.506 e. The first-order valence-electron chi connectivity index (χ1n) is 5.21. The highest BCUT2D eigenvalue weighted by atomic mass is 79.9. The normalized spacial score (nSPS) is 11.1. The third-order valence-corrected chi connectivity index (χ3v) is 2.55. The van der Waals surface area contributed by atoms with Crippen molar-refractivity contribution in [3.63, 3.8) is 0 Å². The van der Waals surface area contributed by atoms with Gasteiger partial charge in [0.15, 0.2) is 0 Å². The summed E-state index contributed by atoms with van der Waals surface area (Å²) in [6.45, 7) is 5.63. The lowest BCUT2D eigenvalue weighted by Crippen LogP contribution is -2.40. The summed E-state index contributed by atoms with van der Waals surface area (Å²) < 4.78 is 5.59. The number of carbonyl (C=O) groups is 1. The molecule has 1 rings (SSSR count). The van der Waals surface area contributed by atoms with E-state index in [4.69, 9.17) is 4.74 Å². The Balaban J connectivity index is 2.56. The molecular formula is C12H16BrNO3. The van der Waals surface area contributed by atoms with E-state index < -0.39 is 6.09 Å². The van der Waals surface area contributed by atoms with E-state index in [-0.39, 0.29) is 17.9 Å². The van der Waals surface area contributed by atoms with Gasteiger partial charge in [-0.3, -0.25) is 0 Å². The van der Waals surface area contributed by atoms with E-state index in [1.54, 1.807) is 18.2 Å². The maximum absolute atomic E-state index is 11.4. The molecule has 5 heteroatoms. The second-order valence-corrected chi connectivity index (χ2v) is 5.55. The van der Waals surface area contributed by atoms with Crippen molar-refractivity contribution in [1.82, 2.24) is 5.32 Å². The summed E-state index contributed by atoms with van der Waals surface area (Å²) in [4.78, 5) is 11.4. The van der Waals surface area contributed by atoms with E-state index in [2.05, 4.69) is 21.2 Å². The van der Waals surface area contributed by atoms with Crippen LogP contribution in [0.3, 0.4) is 0 Å². The molecule has 0 atom stereocenters. The smallest absolute Gasteiger partial charge is 0.407 e. The number of rotatable bonds is 2. The van der Waals surface area contributed by atoms with Crippen molar-refractivity contribution >= 4 is 22.0 Å². The van der Waals surface area contributed by atoms with E-state index in [9.17, 15) is 9.90 Å². The molecule has 0 heterocycles. The van der Waals surface area contributed by atoms with Gasteiger partial charge in [0.1, 0.15) is 12.4 Å². The van der Waals surface area contributed by atoms with Crippen LogP contribution in [0.2, 0.25) is 0 Å². The predicted octanol–water partition coefficient (Wildman–Crippen LogP) is 3.18. The Morgan fingerprint density at radius 1 is 1.47 bits per heavy atom. The van der Waals surface area contributed by atoms with Crippen LogP contribution in [0.15, 0.2) is 22.7 Å². The van der Waals surface area contributed by atoms with Crippen LogP contribution < -0.4 is 5.32 Å². The van der Waals surface area contributed by atoms with Gasteiger partial charge >= 0.3 is 6.09 Å². The number of phenols is 1. The molecule has 0 aliphatic heterocycles. The van der Waals surface area contributed by atoms with Gasteiger partial charge in [-0.15, -0.1) is 0 Å². The lowest BCUT2D eigenvalue weighted by molar-refractivity contribution is 0.130. The first-order valence-corrected chi connectivity index (χ1v) is 6.00. The summed E-state index contributed by atoms with van der Waals surface area (Å²) in [6.07, 6.45) is -0.503. The van der Waals surface area contributed by atoms with Gasteiger partial charge in [-0.1, -0.05) is 12.1 Å². The van der Waals surface area contributed by atoms with Crippen molar-refractivity contribution in [3.8, 4) is 5.75 Å². The predicted molar refractivity (Wildman–Crippen MR) is 68.9 cm³/mol. The van der Waals surface area contributed by atoms with Crippen LogP contribution in [0, 0.1) is 0 Å².